The maximum Gasteiger partial charge on any atom is 0.420 e. The molecule has 2 aromatic heterocycles. The third-order valence-corrected chi connectivity index (χ3v) is 9.49. The predicted molar refractivity (Wildman–Crippen MR) is 140 cm³/mol. The number of fused-ring (bicyclic) bond motifs is 2. The molecule has 0 bridgehead atoms. The number of nitrogens with zero attached hydrogens (tertiary/aromatic N) is 4. The number of benzene rings is 2. The summed E-state index contributed by atoms with van der Waals surface area (Å²) in [6.45, 7) is 2.58. The van der Waals surface area contributed by atoms with Crippen LogP contribution in [0.25, 0.3) is 11.1 Å². The van der Waals surface area contributed by atoms with Crippen LogP contribution in [0.2, 0.25) is 0 Å². The summed E-state index contributed by atoms with van der Waals surface area (Å²) in [5, 5.41) is 0.259. The summed E-state index contributed by atoms with van der Waals surface area (Å²) >= 11 is 0.987. The van der Waals surface area contributed by atoms with Gasteiger partial charge < -0.3 is 9.32 Å². The van der Waals surface area contributed by atoms with Gasteiger partial charge in [-0.3, -0.25) is 9.29 Å². The minimum Gasteiger partial charge on any atom is -0.408 e. The van der Waals surface area contributed by atoms with Gasteiger partial charge in [-0.1, -0.05) is 18.2 Å². The second kappa shape index (κ2) is 9.13. The standard InChI is InChI=1S/C25H26FN5O3S2/c1-36(33,29-24-27-15-28-35-24)23-13-22-21(12-20(23)26)31(25(32)34-22)14-17-6-4-5-16-7-8-18(11-19(16)17)30-9-2-3-10-30/h4-6,12-13,15,18H,1-3,7-11,14H2,(H,27,28,29,33). The highest BCUT2D eigenvalue weighted by Crippen LogP contribution is 2.31. The Kier molecular flexibility index (Phi) is 5.93. The molecule has 8 nitrogen and oxygen atoms in total. The van der Waals surface area contributed by atoms with Gasteiger partial charge in [-0.25, -0.2) is 18.4 Å². The number of halogens is 1. The Labute approximate surface area is 212 Å². The van der Waals surface area contributed by atoms with Gasteiger partial charge in [0.1, 0.15) is 12.1 Å². The topological polar surface area (TPSA) is 93.3 Å². The SMILES string of the molecule is C=S(=O)(Nc1ncns1)c1cc2oc(=O)n(Cc3cccc4c3CC(N3CCCC3)CC4)c2cc1F. The van der Waals surface area contributed by atoms with Crippen LogP contribution in [0.4, 0.5) is 9.52 Å². The van der Waals surface area contributed by atoms with Gasteiger partial charge in [0.05, 0.1) is 26.7 Å². The van der Waals surface area contributed by atoms with Gasteiger partial charge >= 0.3 is 5.76 Å². The Balaban J connectivity index is 1.34. The van der Waals surface area contributed by atoms with Gasteiger partial charge in [0, 0.05) is 29.7 Å². The van der Waals surface area contributed by atoms with Crippen molar-refractivity contribution in [3.05, 3.63) is 69.7 Å². The maximum atomic E-state index is 15.2. The molecular weight excluding hydrogens is 501 g/mol. The molecule has 0 saturated carbocycles. The number of rotatable bonds is 6. The van der Waals surface area contributed by atoms with Crippen LogP contribution in [0.15, 0.2) is 50.8 Å². The molecule has 1 aliphatic heterocycles. The third kappa shape index (κ3) is 4.25. The molecule has 0 amide bonds. The molecule has 36 heavy (non-hydrogen) atoms. The van der Waals surface area contributed by atoms with Gasteiger partial charge in [0.15, 0.2) is 5.58 Å². The molecule has 11 heteroatoms. The van der Waals surface area contributed by atoms with Crippen molar-refractivity contribution in [3.8, 4) is 0 Å². The average molecular weight is 528 g/mol. The maximum absolute atomic E-state index is 15.2. The van der Waals surface area contributed by atoms with Gasteiger partial charge in [-0.2, -0.15) is 4.37 Å². The number of aryl methyl sites for hydroxylation is 1. The zero-order chi connectivity index (χ0) is 24.9. The summed E-state index contributed by atoms with van der Waals surface area (Å²) in [7, 11) is -3.29. The monoisotopic (exact) mass is 527 g/mol. The van der Waals surface area contributed by atoms with Gasteiger partial charge in [-0.15, -0.1) is 0 Å². The number of hydrogen-bond acceptors (Lipinski definition) is 7. The largest absolute Gasteiger partial charge is 0.420 e. The van der Waals surface area contributed by atoms with Crippen molar-refractivity contribution in [2.45, 2.75) is 49.6 Å². The summed E-state index contributed by atoms with van der Waals surface area (Å²) in [5.74, 6) is 2.33. The summed E-state index contributed by atoms with van der Waals surface area (Å²) in [4.78, 5) is 19.2. The van der Waals surface area contributed by atoms with Crippen LogP contribution in [0, 0.1) is 5.82 Å². The van der Waals surface area contributed by atoms with Crippen LogP contribution in [0.5, 0.6) is 0 Å². The first-order valence-corrected chi connectivity index (χ1v) is 14.5. The second-order valence-corrected chi connectivity index (χ2v) is 12.2. The lowest BCUT2D eigenvalue weighted by Crippen LogP contribution is -2.37. The van der Waals surface area contributed by atoms with E-state index in [2.05, 4.69) is 30.9 Å². The van der Waals surface area contributed by atoms with E-state index in [4.69, 9.17) is 4.42 Å². The van der Waals surface area contributed by atoms with Crippen molar-refractivity contribution >= 4 is 43.3 Å². The van der Waals surface area contributed by atoms with Crippen LogP contribution >= 0.6 is 11.5 Å². The van der Waals surface area contributed by atoms with Gasteiger partial charge in [0.2, 0.25) is 5.13 Å². The van der Waals surface area contributed by atoms with E-state index in [1.165, 1.54) is 47.0 Å². The van der Waals surface area contributed by atoms with E-state index in [9.17, 15) is 9.00 Å². The Bertz CT molecular complexity index is 1590. The molecule has 2 atom stereocenters. The molecule has 3 heterocycles. The molecule has 1 aliphatic carbocycles. The summed E-state index contributed by atoms with van der Waals surface area (Å²) < 4.78 is 41.8. The minimum absolute atomic E-state index is 0.159. The molecule has 1 N–H and O–H groups in total. The number of anilines is 1. The van der Waals surface area contributed by atoms with E-state index in [0.29, 0.717) is 11.6 Å². The Hall–Kier alpha value is -3.02. The molecule has 4 aromatic rings. The zero-order valence-corrected chi connectivity index (χ0v) is 21.2. The zero-order valence-electron chi connectivity index (χ0n) is 19.6. The Morgan fingerprint density at radius 2 is 2.11 bits per heavy atom. The number of hydrogen-bond donors (Lipinski definition) is 1. The number of oxazole rings is 1. The van der Waals surface area contributed by atoms with Crippen molar-refractivity contribution in [2.24, 2.45) is 0 Å². The molecule has 2 unspecified atom stereocenters. The number of nitrogens with one attached hydrogen (secondary N) is 1. The highest BCUT2D eigenvalue weighted by Gasteiger charge is 2.28. The lowest BCUT2D eigenvalue weighted by molar-refractivity contribution is 0.221. The normalized spacial score (nSPS) is 19.9. The van der Waals surface area contributed by atoms with E-state index in [-0.39, 0.29) is 22.2 Å². The second-order valence-electron chi connectivity index (χ2n) is 9.42. The van der Waals surface area contributed by atoms with Crippen LogP contribution < -0.4 is 10.5 Å². The molecular formula is C25H26FN5O3S2. The smallest absolute Gasteiger partial charge is 0.408 e. The summed E-state index contributed by atoms with van der Waals surface area (Å²) in [6.07, 6.45) is 6.93. The lowest BCUT2D eigenvalue weighted by Gasteiger charge is -2.33. The average Bonchev–Trinajstić information content (AvgIpc) is 3.62. The summed E-state index contributed by atoms with van der Waals surface area (Å²) in [6, 6.07) is 9.23. The van der Waals surface area contributed by atoms with Crippen molar-refractivity contribution in [2.75, 3.05) is 17.8 Å². The fraction of sp³-hybridized carbons (Fsp3) is 0.360. The highest BCUT2D eigenvalue weighted by atomic mass is 32.2. The van der Waals surface area contributed by atoms with Crippen molar-refractivity contribution in [3.63, 3.8) is 0 Å². The molecule has 1 fully saturated rings. The fourth-order valence-electron chi connectivity index (χ4n) is 5.46. The Morgan fingerprint density at radius 1 is 1.28 bits per heavy atom. The van der Waals surface area contributed by atoms with Crippen LogP contribution in [-0.4, -0.2) is 48.0 Å². The summed E-state index contributed by atoms with van der Waals surface area (Å²) in [5.41, 5.74) is 4.12. The van der Waals surface area contributed by atoms with Crippen LogP contribution in [0.3, 0.4) is 0 Å². The molecule has 2 aliphatic rings. The van der Waals surface area contributed by atoms with E-state index >= 15 is 4.39 Å². The van der Waals surface area contributed by atoms with Crippen LogP contribution in [0.1, 0.15) is 36.0 Å². The van der Waals surface area contributed by atoms with Crippen molar-refractivity contribution < 1.29 is 13.0 Å². The van der Waals surface area contributed by atoms with Crippen molar-refractivity contribution in [1.29, 1.82) is 0 Å². The van der Waals surface area contributed by atoms with E-state index in [1.54, 1.807) is 0 Å². The highest BCUT2D eigenvalue weighted by molar-refractivity contribution is 8.01. The number of likely N-dealkylation sites (tertiary alicyclic amines) is 1. The predicted octanol–water partition coefficient (Wildman–Crippen LogP) is 3.69. The molecule has 188 valence electrons. The quantitative estimate of drug-likeness (QED) is 0.385. The molecule has 0 radical (unpaired) electrons. The third-order valence-electron chi connectivity index (χ3n) is 7.23. The first kappa shape index (κ1) is 23.4. The van der Waals surface area contributed by atoms with E-state index < -0.39 is 21.3 Å². The first-order chi connectivity index (χ1) is 17.4. The van der Waals surface area contributed by atoms with Gasteiger partial charge in [-0.05, 0) is 67.8 Å². The van der Waals surface area contributed by atoms with E-state index in [0.717, 1.165) is 49.4 Å². The Morgan fingerprint density at radius 3 is 2.89 bits per heavy atom. The molecule has 2 aromatic carbocycles. The van der Waals surface area contributed by atoms with E-state index in [1.807, 2.05) is 12.1 Å². The lowest BCUT2D eigenvalue weighted by atomic mass is 9.84. The molecule has 0 spiro atoms. The minimum atomic E-state index is -3.29. The fourth-order valence-corrected chi connectivity index (χ4v) is 7.42. The first-order valence-electron chi connectivity index (χ1n) is 12.0. The number of aromatic nitrogens is 3. The van der Waals surface area contributed by atoms with Gasteiger partial charge in [0.25, 0.3) is 0 Å². The van der Waals surface area contributed by atoms with Crippen LogP contribution in [-0.2, 0) is 29.1 Å². The molecule has 6 rings (SSSR count). The molecule has 1 saturated heterocycles. The van der Waals surface area contributed by atoms with Crippen molar-refractivity contribution in [1.82, 2.24) is 18.8 Å².